The van der Waals surface area contributed by atoms with Gasteiger partial charge in [-0.3, -0.25) is 4.79 Å². The second kappa shape index (κ2) is 10.7. The van der Waals surface area contributed by atoms with Gasteiger partial charge in [-0.05, 0) is 48.6 Å². The molecule has 7 heteroatoms. The Balaban J connectivity index is 1.82. The van der Waals surface area contributed by atoms with Crippen LogP contribution >= 0.6 is 11.8 Å². The number of hydrogen-bond donors (Lipinski definition) is 2. The Labute approximate surface area is 198 Å². The summed E-state index contributed by atoms with van der Waals surface area (Å²) >= 11 is 1.28. The maximum absolute atomic E-state index is 12.5. The molecule has 33 heavy (non-hydrogen) atoms. The third-order valence-corrected chi connectivity index (χ3v) is 6.49. The highest BCUT2D eigenvalue weighted by Crippen LogP contribution is 2.36. The molecule has 0 aliphatic rings. The Morgan fingerprint density at radius 1 is 1.09 bits per heavy atom. The van der Waals surface area contributed by atoms with Gasteiger partial charge in [-0.15, -0.1) is 11.8 Å². The molecular weight excluding hydrogens is 430 g/mol. The number of pyridine rings is 1. The van der Waals surface area contributed by atoms with Crippen molar-refractivity contribution in [3.63, 3.8) is 0 Å². The molecule has 0 aliphatic heterocycles. The van der Waals surface area contributed by atoms with E-state index >= 15 is 0 Å². The van der Waals surface area contributed by atoms with Crippen LogP contribution in [0, 0.1) is 36.5 Å². The molecule has 2 aromatic carbocycles. The molecule has 166 valence electrons. The standard InChI is InChI=1S/C26H25N5OS/c1-4-18-8-10-19(11-9-18)24-20(14-27)25(29)31-26(21(24)15-28)33-13-12-23(32)30-22-7-5-6-16(2)17(22)3/h5-11H,4,12-13H2,1-3H3,(H2,29,31)(H,30,32). The van der Waals surface area contributed by atoms with Crippen molar-refractivity contribution in [3.05, 3.63) is 70.3 Å². The Morgan fingerprint density at radius 2 is 1.79 bits per heavy atom. The van der Waals surface area contributed by atoms with Gasteiger partial charge in [-0.2, -0.15) is 10.5 Å². The molecule has 1 aromatic heterocycles. The summed E-state index contributed by atoms with van der Waals surface area (Å²) in [6.45, 7) is 6.03. The number of nitrogen functional groups attached to an aromatic ring is 1. The predicted molar refractivity (Wildman–Crippen MR) is 133 cm³/mol. The number of nitrogens with two attached hydrogens (primary N) is 1. The van der Waals surface area contributed by atoms with E-state index in [1.807, 2.05) is 56.3 Å². The quantitative estimate of drug-likeness (QED) is 0.463. The summed E-state index contributed by atoms with van der Waals surface area (Å²) in [4.78, 5) is 16.8. The smallest absolute Gasteiger partial charge is 0.225 e. The molecule has 0 spiro atoms. The van der Waals surface area contributed by atoms with Crippen molar-refractivity contribution in [1.82, 2.24) is 4.98 Å². The van der Waals surface area contributed by atoms with Crippen LogP contribution in [0.3, 0.4) is 0 Å². The normalized spacial score (nSPS) is 10.3. The van der Waals surface area contributed by atoms with Gasteiger partial charge < -0.3 is 11.1 Å². The first-order valence-corrected chi connectivity index (χ1v) is 11.6. The predicted octanol–water partition coefficient (Wildman–Crippen LogP) is 5.37. The summed E-state index contributed by atoms with van der Waals surface area (Å²) in [5.74, 6) is 0.373. The number of carbonyl (C=O) groups is 1. The van der Waals surface area contributed by atoms with E-state index in [4.69, 9.17) is 5.73 Å². The first kappa shape index (κ1) is 23.8. The molecule has 0 unspecified atom stereocenters. The second-order valence-corrected chi connectivity index (χ2v) is 8.68. The summed E-state index contributed by atoms with van der Waals surface area (Å²) in [6.07, 6.45) is 1.13. The zero-order valence-corrected chi connectivity index (χ0v) is 19.7. The number of hydrogen-bond acceptors (Lipinski definition) is 6. The summed E-state index contributed by atoms with van der Waals surface area (Å²) in [5.41, 5.74) is 11.9. The van der Waals surface area contributed by atoms with Crippen LogP contribution < -0.4 is 11.1 Å². The zero-order valence-electron chi connectivity index (χ0n) is 18.9. The van der Waals surface area contributed by atoms with E-state index in [0.29, 0.717) is 21.9 Å². The number of aromatic nitrogens is 1. The van der Waals surface area contributed by atoms with Gasteiger partial charge in [-0.25, -0.2) is 4.98 Å². The number of nitrogens with one attached hydrogen (secondary N) is 1. The van der Waals surface area contributed by atoms with Gasteiger partial charge in [-0.1, -0.05) is 43.3 Å². The first-order valence-electron chi connectivity index (χ1n) is 10.6. The average Bonchev–Trinajstić information content (AvgIpc) is 2.81. The number of rotatable bonds is 7. The zero-order chi connectivity index (χ0) is 24.0. The second-order valence-electron chi connectivity index (χ2n) is 7.60. The number of nitriles is 2. The van der Waals surface area contributed by atoms with Crippen molar-refractivity contribution in [2.75, 3.05) is 16.8 Å². The lowest BCUT2D eigenvalue weighted by Crippen LogP contribution is -2.13. The van der Waals surface area contributed by atoms with Gasteiger partial charge in [0.15, 0.2) is 0 Å². The summed E-state index contributed by atoms with van der Waals surface area (Å²) in [5, 5.41) is 22.9. The highest BCUT2D eigenvalue weighted by Gasteiger charge is 2.20. The Morgan fingerprint density at radius 3 is 2.42 bits per heavy atom. The number of aryl methyl sites for hydroxylation is 2. The van der Waals surface area contributed by atoms with Gasteiger partial charge in [0.05, 0.1) is 5.56 Å². The molecule has 0 radical (unpaired) electrons. The molecule has 0 saturated heterocycles. The third-order valence-electron chi connectivity index (χ3n) is 5.51. The first-order chi connectivity index (χ1) is 15.9. The topological polar surface area (TPSA) is 116 Å². The van der Waals surface area contributed by atoms with Gasteiger partial charge >= 0.3 is 0 Å². The molecule has 0 saturated carbocycles. The summed E-state index contributed by atoms with van der Waals surface area (Å²) in [7, 11) is 0. The van der Waals surface area contributed by atoms with Crippen molar-refractivity contribution < 1.29 is 4.79 Å². The third kappa shape index (κ3) is 5.34. The van der Waals surface area contributed by atoms with E-state index in [2.05, 4.69) is 29.4 Å². The molecule has 0 atom stereocenters. The van der Waals surface area contributed by atoms with E-state index in [-0.39, 0.29) is 23.7 Å². The van der Waals surface area contributed by atoms with E-state index in [9.17, 15) is 15.3 Å². The van der Waals surface area contributed by atoms with Crippen molar-refractivity contribution in [1.29, 1.82) is 10.5 Å². The number of carbonyl (C=O) groups excluding carboxylic acids is 1. The Bertz CT molecular complexity index is 1270. The van der Waals surface area contributed by atoms with Crippen LogP contribution in [0.4, 0.5) is 11.5 Å². The fraction of sp³-hybridized carbons (Fsp3) is 0.231. The Kier molecular flexibility index (Phi) is 7.71. The minimum atomic E-state index is -0.119. The van der Waals surface area contributed by atoms with Crippen LogP contribution in [0.15, 0.2) is 47.5 Å². The van der Waals surface area contributed by atoms with Crippen LogP contribution in [-0.4, -0.2) is 16.6 Å². The van der Waals surface area contributed by atoms with E-state index in [1.165, 1.54) is 11.8 Å². The average molecular weight is 456 g/mol. The van der Waals surface area contributed by atoms with Crippen LogP contribution in [0.25, 0.3) is 11.1 Å². The fourth-order valence-corrected chi connectivity index (χ4v) is 4.37. The van der Waals surface area contributed by atoms with E-state index < -0.39 is 0 Å². The molecule has 3 N–H and O–H groups in total. The minimum Gasteiger partial charge on any atom is -0.383 e. The lowest BCUT2D eigenvalue weighted by molar-refractivity contribution is -0.115. The number of thioether (sulfide) groups is 1. The van der Waals surface area contributed by atoms with Crippen molar-refractivity contribution in [3.8, 4) is 23.3 Å². The van der Waals surface area contributed by atoms with Crippen LogP contribution in [-0.2, 0) is 11.2 Å². The SMILES string of the molecule is CCc1ccc(-c2c(C#N)c(N)nc(SCCC(=O)Nc3cccc(C)c3C)c2C#N)cc1. The number of benzene rings is 2. The molecule has 1 amide bonds. The highest BCUT2D eigenvalue weighted by atomic mass is 32.2. The van der Waals surface area contributed by atoms with Crippen LogP contribution in [0.1, 0.15) is 41.2 Å². The monoisotopic (exact) mass is 455 g/mol. The van der Waals surface area contributed by atoms with Gasteiger partial charge in [0.1, 0.15) is 28.5 Å². The molecular formula is C26H25N5OS. The van der Waals surface area contributed by atoms with Gasteiger partial charge in [0.25, 0.3) is 0 Å². The molecule has 6 nitrogen and oxygen atoms in total. The van der Waals surface area contributed by atoms with Crippen LogP contribution in [0.2, 0.25) is 0 Å². The van der Waals surface area contributed by atoms with Crippen molar-refractivity contribution in [2.45, 2.75) is 38.6 Å². The maximum Gasteiger partial charge on any atom is 0.225 e. The Hall–Kier alpha value is -3.81. The van der Waals surface area contributed by atoms with E-state index in [1.54, 1.807) is 0 Å². The number of nitrogens with zero attached hydrogens (tertiary/aromatic N) is 3. The van der Waals surface area contributed by atoms with Crippen molar-refractivity contribution in [2.24, 2.45) is 0 Å². The highest BCUT2D eigenvalue weighted by molar-refractivity contribution is 7.99. The number of amides is 1. The molecule has 3 aromatic rings. The maximum atomic E-state index is 12.5. The molecule has 0 aliphatic carbocycles. The number of anilines is 2. The van der Waals surface area contributed by atoms with Gasteiger partial charge in [0, 0.05) is 23.4 Å². The van der Waals surface area contributed by atoms with Crippen molar-refractivity contribution >= 4 is 29.2 Å². The van der Waals surface area contributed by atoms with E-state index in [0.717, 1.165) is 34.4 Å². The lowest BCUT2D eigenvalue weighted by Gasteiger charge is -2.13. The van der Waals surface area contributed by atoms with Crippen LogP contribution in [0.5, 0.6) is 0 Å². The fourth-order valence-electron chi connectivity index (χ4n) is 3.44. The summed E-state index contributed by atoms with van der Waals surface area (Å²) < 4.78 is 0. The molecule has 0 fully saturated rings. The summed E-state index contributed by atoms with van der Waals surface area (Å²) in [6, 6.07) is 17.8. The minimum absolute atomic E-state index is 0.0772. The molecule has 1 heterocycles. The molecule has 3 rings (SSSR count). The van der Waals surface area contributed by atoms with Gasteiger partial charge in [0.2, 0.25) is 5.91 Å². The molecule has 0 bridgehead atoms. The largest absolute Gasteiger partial charge is 0.383 e. The lowest BCUT2D eigenvalue weighted by atomic mass is 9.96.